The fourth-order valence-corrected chi connectivity index (χ4v) is 3.79. The van der Waals surface area contributed by atoms with E-state index in [0.29, 0.717) is 12.2 Å². The fourth-order valence-electron chi connectivity index (χ4n) is 2.58. The van der Waals surface area contributed by atoms with Crippen molar-refractivity contribution in [1.29, 1.82) is 0 Å². The molecule has 0 bridgehead atoms. The first-order chi connectivity index (χ1) is 12.8. The van der Waals surface area contributed by atoms with Gasteiger partial charge < -0.3 is 10.2 Å². The molecule has 6 nitrogen and oxygen atoms in total. The van der Waals surface area contributed by atoms with Crippen molar-refractivity contribution in [3.63, 3.8) is 0 Å². The highest BCUT2D eigenvalue weighted by Crippen LogP contribution is 2.18. The van der Waals surface area contributed by atoms with Crippen LogP contribution in [0.25, 0.3) is 0 Å². The highest BCUT2D eigenvalue weighted by atomic mass is 32.2. The van der Waals surface area contributed by atoms with E-state index in [9.17, 15) is 13.2 Å². The van der Waals surface area contributed by atoms with Crippen LogP contribution >= 0.6 is 0 Å². The zero-order chi connectivity index (χ0) is 19.9. The highest BCUT2D eigenvalue weighted by molar-refractivity contribution is 7.89. The van der Waals surface area contributed by atoms with Crippen LogP contribution in [0.4, 0.5) is 11.4 Å². The Labute approximate surface area is 161 Å². The summed E-state index contributed by atoms with van der Waals surface area (Å²) in [5.41, 5.74) is 1.51. The Morgan fingerprint density at radius 3 is 2.22 bits per heavy atom. The van der Waals surface area contributed by atoms with Crippen LogP contribution in [-0.4, -0.2) is 45.8 Å². The molecule has 2 rings (SSSR count). The molecular formula is C20H27N3O3S. The summed E-state index contributed by atoms with van der Waals surface area (Å²) in [5.74, 6) is -0.169. The molecule has 0 atom stereocenters. The molecule has 146 valence electrons. The van der Waals surface area contributed by atoms with Crippen LogP contribution in [0, 0.1) is 0 Å². The summed E-state index contributed by atoms with van der Waals surface area (Å²) in [6.45, 7) is 2.71. The Balaban J connectivity index is 1.98. The molecule has 0 aliphatic rings. The van der Waals surface area contributed by atoms with E-state index >= 15 is 0 Å². The molecule has 0 aliphatic carbocycles. The monoisotopic (exact) mass is 389 g/mol. The van der Waals surface area contributed by atoms with Crippen molar-refractivity contribution in [2.24, 2.45) is 0 Å². The maximum Gasteiger partial charge on any atom is 0.243 e. The van der Waals surface area contributed by atoms with Crippen molar-refractivity contribution in [2.45, 2.75) is 24.7 Å². The van der Waals surface area contributed by atoms with Gasteiger partial charge in [0.1, 0.15) is 0 Å². The molecule has 1 amide bonds. The van der Waals surface area contributed by atoms with Crippen molar-refractivity contribution in [1.82, 2.24) is 4.31 Å². The van der Waals surface area contributed by atoms with E-state index < -0.39 is 10.0 Å². The molecule has 0 heterocycles. The van der Waals surface area contributed by atoms with E-state index in [1.54, 1.807) is 19.2 Å². The Bertz CT molecular complexity index is 837. The van der Waals surface area contributed by atoms with Gasteiger partial charge in [-0.05, 0) is 42.8 Å². The van der Waals surface area contributed by atoms with E-state index in [1.165, 1.54) is 16.4 Å². The van der Waals surface area contributed by atoms with Gasteiger partial charge in [-0.15, -0.1) is 0 Å². The number of carbonyl (C=O) groups excluding carboxylic acids is 1. The summed E-state index contributed by atoms with van der Waals surface area (Å²) in [7, 11) is -0.0717. The normalized spacial score (nSPS) is 11.4. The van der Waals surface area contributed by atoms with Gasteiger partial charge in [0.2, 0.25) is 15.9 Å². The summed E-state index contributed by atoms with van der Waals surface area (Å²) in [5, 5.41) is 2.80. The van der Waals surface area contributed by atoms with Crippen molar-refractivity contribution in [3.8, 4) is 0 Å². The maximum atomic E-state index is 12.5. The minimum absolute atomic E-state index is 0.169. The lowest BCUT2D eigenvalue weighted by Gasteiger charge is -2.19. The number of carbonyl (C=O) groups is 1. The molecule has 0 radical (unpaired) electrons. The molecule has 0 spiro atoms. The maximum absolute atomic E-state index is 12.5. The zero-order valence-electron chi connectivity index (χ0n) is 16.1. The van der Waals surface area contributed by atoms with Crippen LogP contribution in [0.3, 0.4) is 0 Å². The number of likely N-dealkylation sites (N-methyl/N-ethyl adjacent to an activating group) is 1. The number of sulfonamides is 1. The minimum atomic E-state index is -3.50. The van der Waals surface area contributed by atoms with E-state index in [1.807, 2.05) is 49.2 Å². The second-order valence-electron chi connectivity index (χ2n) is 6.44. The van der Waals surface area contributed by atoms with E-state index in [-0.39, 0.29) is 17.3 Å². The number of nitrogens with one attached hydrogen (secondary N) is 1. The first-order valence-corrected chi connectivity index (χ1v) is 10.4. The zero-order valence-corrected chi connectivity index (χ0v) is 16.9. The third-order valence-electron chi connectivity index (χ3n) is 4.25. The molecule has 2 aromatic rings. The molecule has 1 N–H and O–H groups in total. The number of amides is 1. The standard InChI is InChI=1S/C20H27N3O3S/c1-4-5-15-23(3)27(25,26)19-13-11-17(12-14-19)21-20(24)16-22(2)18-9-7-6-8-10-18/h6-14H,4-5,15-16H2,1-3H3,(H,21,24). The molecule has 0 unspecified atom stereocenters. The van der Waals surface area contributed by atoms with Gasteiger partial charge in [-0.2, -0.15) is 0 Å². The topological polar surface area (TPSA) is 69.7 Å². The molecule has 0 aliphatic heterocycles. The minimum Gasteiger partial charge on any atom is -0.365 e. The van der Waals surface area contributed by atoms with Gasteiger partial charge >= 0.3 is 0 Å². The lowest BCUT2D eigenvalue weighted by Crippen LogP contribution is -2.30. The van der Waals surface area contributed by atoms with Crippen molar-refractivity contribution >= 4 is 27.3 Å². The van der Waals surface area contributed by atoms with Crippen LogP contribution in [0.1, 0.15) is 19.8 Å². The number of unbranched alkanes of at least 4 members (excludes halogenated alkanes) is 1. The van der Waals surface area contributed by atoms with Crippen LogP contribution in [0.2, 0.25) is 0 Å². The van der Waals surface area contributed by atoms with E-state index in [2.05, 4.69) is 5.32 Å². The third-order valence-corrected chi connectivity index (χ3v) is 6.12. The number of rotatable bonds is 9. The van der Waals surface area contributed by atoms with Gasteiger partial charge in [0.15, 0.2) is 0 Å². The highest BCUT2D eigenvalue weighted by Gasteiger charge is 2.20. The third kappa shape index (κ3) is 5.80. The Hall–Kier alpha value is -2.38. The van der Waals surface area contributed by atoms with Gasteiger partial charge in [-0.3, -0.25) is 4.79 Å². The van der Waals surface area contributed by atoms with Crippen molar-refractivity contribution in [3.05, 3.63) is 54.6 Å². The van der Waals surface area contributed by atoms with Crippen LogP contribution in [-0.2, 0) is 14.8 Å². The second kappa shape index (κ2) is 9.53. The largest absolute Gasteiger partial charge is 0.365 e. The molecule has 0 saturated heterocycles. The predicted octanol–water partition coefficient (Wildman–Crippen LogP) is 3.18. The molecule has 27 heavy (non-hydrogen) atoms. The van der Waals surface area contributed by atoms with Gasteiger partial charge in [0, 0.05) is 32.0 Å². The lowest BCUT2D eigenvalue weighted by atomic mass is 10.3. The summed E-state index contributed by atoms with van der Waals surface area (Å²) < 4.78 is 26.4. The number of nitrogens with zero attached hydrogens (tertiary/aromatic N) is 2. The Kier molecular flexibility index (Phi) is 7.38. The van der Waals surface area contributed by atoms with Crippen molar-refractivity contribution in [2.75, 3.05) is 37.4 Å². The quantitative estimate of drug-likeness (QED) is 0.715. The van der Waals surface area contributed by atoms with E-state index in [4.69, 9.17) is 0 Å². The Morgan fingerprint density at radius 2 is 1.63 bits per heavy atom. The molecule has 0 aromatic heterocycles. The van der Waals surface area contributed by atoms with Crippen LogP contribution in [0.5, 0.6) is 0 Å². The van der Waals surface area contributed by atoms with E-state index in [0.717, 1.165) is 18.5 Å². The number of para-hydroxylation sites is 1. The average molecular weight is 390 g/mol. The predicted molar refractivity (Wildman–Crippen MR) is 110 cm³/mol. The van der Waals surface area contributed by atoms with Crippen LogP contribution < -0.4 is 10.2 Å². The number of anilines is 2. The summed E-state index contributed by atoms with van der Waals surface area (Å²) in [6, 6.07) is 15.9. The second-order valence-corrected chi connectivity index (χ2v) is 8.49. The molecule has 7 heteroatoms. The summed E-state index contributed by atoms with van der Waals surface area (Å²) in [6.07, 6.45) is 1.75. The first kappa shape index (κ1) is 20.9. The first-order valence-electron chi connectivity index (χ1n) is 8.97. The SMILES string of the molecule is CCCCN(C)S(=O)(=O)c1ccc(NC(=O)CN(C)c2ccccc2)cc1. The number of benzene rings is 2. The van der Waals surface area contributed by atoms with Crippen LogP contribution in [0.15, 0.2) is 59.5 Å². The molecule has 0 fully saturated rings. The molecular weight excluding hydrogens is 362 g/mol. The summed E-state index contributed by atoms with van der Waals surface area (Å²) in [4.78, 5) is 14.3. The van der Waals surface area contributed by atoms with Gasteiger partial charge in [-0.25, -0.2) is 12.7 Å². The van der Waals surface area contributed by atoms with Crippen molar-refractivity contribution < 1.29 is 13.2 Å². The Morgan fingerprint density at radius 1 is 1.00 bits per heavy atom. The average Bonchev–Trinajstić information content (AvgIpc) is 2.67. The number of hydrogen-bond donors (Lipinski definition) is 1. The lowest BCUT2D eigenvalue weighted by molar-refractivity contribution is -0.114. The van der Waals surface area contributed by atoms with Gasteiger partial charge in [-0.1, -0.05) is 31.5 Å². The smallest absolute Gasteiger partial charge is 0.243 e. The van der Waals surface area contributed by atoms with Gasteiger partial charge in [0.25, 0.3) is 0 Å². The van der Waals surface area contributed by atoms with Gasteiger partial charge in [0.05, 0.1) is 11.4 Å². The summed E-state index contributed by atoms with van der Waals surface area (Å²) >= 11 is 0. The molecule has 2 aromatic carbocycles. The molecule has 0 saturated carbocycles. The number of hydrogen-bond acceptors (Lipinski definition) is 4. The fraction of sp³-hybridized carbons (Fsp3) is 0.350.